The highest BCUT2D eigenvalue weighted by molar-refractivity contribution is 6.36. The molecule has 32 heavy (non-hydrogen) atoms. The number of ketones is 1. The maximum Gasteiger partial charge on any atom is 0.234 e. The third-order valence-corrected chi connectivity index (χ3v) is 6.52. The number of carbonyl (C=O) groups excluding carboxylic acids is 4. The Bertz CT molecular complexity index is 1120. The number of imide groups is 1. The van der Waals surface area contributed by atoms with Crippen LogP contribution in [0, 0.1) is 5.95 Å². The standard InChI is InChI=1S/C22H18Cl2FN3O4/c23-15-5-11(6-16(24)19(15)14-1-2-18(30)28-20(14)31)10-27-21(32)22(8-13(29)9-22)12-3-4-26-17(25)7-12/h3-7,14H,1-2,8-10H2,(H,27,32)(H,28,30,31). The van der Waals surface area contributed by atoms with Crippen LogP contribution < -0.4 is 10.6 Å². The van der Waals surface area contributed by atoms with E-state index in [2.05, 4.69) is 15.6 Å². The van der Waals surface area contributed by atoms with Crippen molar-refractivity contribution in [2.45, 2.75) is 43.6 Å². The highest BCUT2D eigenvalue weighted by Gasteiger charge is 2.51. The predicted octanol–water partition coefficient (Wildman–Crippen LogP) is 2.96. The lowest BCUT2D eigenvalue weighted by molar-refractivity contribution is -0.141. The topological polar surface area (TPSA) is 105 Å². The van der Waals surface area contributed by atoms with E-state index in [0.717, 1.165) is 6.07 Å². The number of nitrogens with one attached hydrogen (secondary N) is 2. The van der Waals surface area contributed by atoms with E-state index in [4.69, 9.17) is 23.2 Å². The first kappa shape index (κ1) is 22.4. The Labute approximate surface area is 192 Å². The highest BCUT2D eigenvalue weighted by Crippen LogP contribution is 2.42. The number of amides is 3. The number of nitrogens with zero attached hydrogens (tertiary/aromatic N) is 1. The number of aromatic nitrogens is 1. The number of carbonyl (C=O) groups is 4. The van der Waals surface area contributed by atoms with Gasteiger partial charge in [0.1, 0.15) is 5.78 Å². The molecule has 10 heteroatoms. The van der Waals surface area contributed by atoms with Crippen molar-refractivity contribution in [3.8, 4) is 0 Å². The lowest BCUT2D eigenvalue weighted by Crippen LogP contribution is -2.53. The molecule has 2 heterocycles. The first-order valence-corrected chi connectivity index (χ1v) is 10.7. The fourth-order valence-electron chi connectivity index (χ4n) is 4.21. The van der Waals surface area contributed by atoms with Crippen molar-refractivity contribution in [2.75, 3.05) is 0 Å². The van der Waals surface area contributed by atoms with E-state index < -0.39 is 29.1 Å². The fraction of sp³-hybridized carbons (Fsp3) is 0.318. The Hall–Kier alpha value is -2.84. The zero-order chi connectivity index (χ0) is 23.0. The second-order valence-electron chi connectivity index (χ2n) is 8.00. The van der Waals surface area contributed by atoms with Crippen LogP contribution in [0.5, 0.6) is 0 Å². The largest absolute Gasteiger partial charge is 0.351 e. The third kappa shape index (κ3) is 4.12. The molecule has 2 aromatic rings. The molecule has 1 saturated carbocycles. The summed E-state index contributed by atoms with van der Waals surface area (Å²) in [6.45, 7) is 0.0669. The summed E-state index contributed by atoms with van der Waals surface area (Å²) in [7, 11) is 0. The van der Waals surface area contributed by atoms with Crippen LogP contribution in [0.3, 0.4) is 0 Å². The first-order valence-electron chi connectivity index (χ1n) is 9.93. The highest BCUT2D eigenvalue weighted by atomic mass is 35.5. The molecule has 1 saturated heterocycles. The van der Waals surface area contributed by atoms with E-state index in [0.29, 0.717) is 23.1 Å². The average molecular weight is 478 g/mol. The molecule has 166 valence electrons. The van der Waals surface area contributed by atoms with Crippen LogP contribution in [0.4, 0.5) is 4.39 Å². The molecule has 0 spiro atoms. The summed E-state index contributed by atoms with van der Waals surface area (Å²) in [6, 6.07) is 5.88. The lowest BCUT2D eigenvalue weighted by Gasteiger charge is -2.39. The van der Waals surface area contributed by atoms with Crippen LogP contribution >= 0.6 is 23.2 Å². The van der Waals surface area contributed by atoms with Crippen molar-refractivity contribution in [1.29, 1.82) is 0 Å². The third-order valence-electron chi connectivity index (χ3n) is 5.89. The summed E-state index contributed by atoms with van der Waals surface area (Å²) >= 11 is 12.8. The number of Topliss-reactive ketones (excluding diaryl/α,β-unsaturated/α-hetero) is 1. The van der Waals surface area contributed by atoms with Gasteiger partial charge in [-0.15, -0.1) is 0 Å². The van der Waals surface area contributed by atoms with Crippen LogP contribution in [-0.4, -0.2) is 28.5 Å². The number of hydrogen-bond acceptors (Lipinski definition) is 5. The van der Waals surface area contributed by atoms with Gasteiger partial charge in [-0.3, -0.25) is 24.5 Å². The summed E-state index contributed by atoms with van der Waals surface area (Å²) in [5, 5.41) is 5.55. The molecule has 2 fully saturated rings. The zero-order valence-electron chi connectivity index (χ0n) is 16.7. The molecule has 7 nitrogen and oxygen atoms in total. The average Bonchev–Trinajstić information content (AvgIpc) is 2.70. The first-order chi connectivity index (χ1) is 15.2. The molecule has 2 N–H and O–H groups in total. The minimum absolute atomic E-state index is 0.0156. The number of benzene rings is 1. The van der Waals surface area contributed by atoms with Gasteiger partial charge in [-0.25, -0.2) is 4.98 Å². The van der Waals surface area contributed by atoms with Crippen molar-refractivity contribution >= 4 is 46.7 Å². The molecule has 1 aliphatic heterocycles. The maximum absolute atomic E-state index is 13.6. The molecule has 1 atom stereocenters. The fourth-order valence-corrected chi connectivity index (χ4v) is 5.01. The number of halogens is 3. The Morgan fingerprint density at radius 2 is 1.88 bits per heavy atom. The van der Waals surface area contributed by atoms with E-state index in [1.54, 1.807) is 12.1 Å². The van der Waals surface area contributed by atoms with Crippen LogP contribution in [0.25, 0.3) is 0 Å². The Morgan fingerprint density at radius 3 is 2.47 bits per heavy atom. The van der Waals surface area contributed by atoms with Crippen molar-refractivity contribution in [3.63, 3.8) is 0 Å². The number of pyridine rings is 1. The van der Waals surface area contributed by atoms with E-state index in [1.807, 2.05) is 0 Å². The van der Waals surface area contributed by atoms with E-state index >= 15 is 0 Å². The van der Waals surface area contributed by atoms with Gasteiger partial charge in [-0.1, -0.05) is 23.2 Å². The molecule has 0 radical (unpaired) electrons. The van der Waals surface area contributed by atoms with E-state index in [-0.39, 0.29) is 47.5 Å². The van der Waals surface area contributed by atoms with Gasteiger partial charge in [0.05, 0.1) is 11.3 Å². The van der Waals surface area contributed by atoms with Crippen molar-refractivity contribution < 1.29 is 23.6 Å². The predicted molar refractivity (Wildman–Crippen MR) is 114 cm³/mol. The SMILES string of the molecule is O=C1CC(C(=O)NCc2cc(Cl)c(C3CCC(=O)NC3=O)c(Cl)c2)(c2ccnc(F)c2)C1. The van der Waals surface area contributed by atoms with Crippen molar-refractivity contribution in [2.24, 2.45) is 0 Å². The van der Waals surface area contributed by atoms with Gasteiger partial charge in [0.15, 0.2) is 0 Å². The van der Waals surface area contributed by atoms with Gasteiger partial charge in [0, 0.05) is 47.6 Å². The molecule has 1 aromatic heterocycles. The Kier molecular flexibility index (Phi) is 6.01. The molecular weight excluding hydrogens is 460 g/mol. The molecule has 1 unspecified atom stereocenters. The van der Waals surface area contributed by atoms with Gasteiger partial charge in [-0.2, -0.15) is 4.39 Å². The molecular formula is C22H18Cl2FN3O4. The van der Waals surface area contributed by atoms with Gasteiger partial charge in [0.25, 0.3) is 0 Å². The van der Waals surface area contributed by atoms with E-state index in [9.17, 15) is 23.6 Å². The summed E-state index contributed by atoms with van der Waals surface area (Å²) in [4.78, 5) is 51.7. The van der Waals surface area contributed by atoms with Crippen molar-refractivity contribution in [3.05, 3.63) is 63.1 Å². The van der Waals surface area contributed by atoms with Crippen molar-refractivity contribution in [1.82, 2.24) is 15.6 Å². The Morgan fingerprint density at radius 1 is 1.19 bits per heavy atom. The summed E-state index contributed by atoms with van der Waals surface area (Å²) in [5.41, 5.74) is 0.278. The quantitative estimate of drug-likeness (QED) is 0.508. The minimum atomic E-state index is -1.14. The zero-order valence-corrected chi connectivity index (χ0v) is 18.2. The second-order valence-corrected chi connectivity index (χ2v) is 8.82. The number of hydrogen-bond donors (Lipinski definition) is 2. The normalized spacial score (nSPS) is 19.8. The van der Waals surface area contributed by atoms with E-state index in [1.165, 1.54) is 12.3 Å². The van der Waals surface area contributed by atoms with Crippen LogP contribution in [0.2, 0.25) is 10.0 Å². The minimum Gasteiger partial charge on any atom is -0.351 e. The Balaban J connectivity index is 1.51. The summed E-state index contributed by atoms with van der Waals surface area (Å²) in [6.07, 6.45) is 1.72. The van der Waals surface area contributed by atoms with Gasteiger partial charge >= 0.3 is 0 Å². The molecule has 4 rings (SSSR count). The molecule has 1 aromatic carbocycles. The summed E-state index contributed by atoms with van der Waals surface area (Å²) < 4.78 is 13.6. The lowest BCUT2D eigenvalue weighted by atomic mass is 9.63. The smallest absolute Gasteiger partial charge is 0.234 e. The molecule has 2 aliphatic rings. The van der Waals surface area contributed by atoms with Crippen LogP contribution in [0.15, 0.2) is 30.5 Å². The summed E-state index contributed by atoms with van der Waals surface area (Å²) in [5.74, 6) is -2.65. The molecule has 0 bridgehead atoms. The van der Waals surface area contributed by atoms with Gasteiger partial charge in [-0.05, 0) is 41.8 Å². The van der Waals surface area contributed by atoms with Gasteiger partial charge in [0.2, 0.25) is 23.7 Å². The second kappa shape index (κ2) is 8.60. The van der Waals surface area contributed by atoms with Crippen LogP contribution in [-0.2, 0) is 31.1 Å². The number of rotatable bonds is 5. The van der Waals surface area contributed by atoms with Crippen LogP contribution in [0.1, 0.15) is 48.3 Å². The number of piperidine rings is 1. The van der Waals surface area contributed by atoms with Gasteiger partial charge < -0.3 is 5.32 Å². The maximum atomic E-state index is 13.6. The molecule has 1 aliphatic carbocycles. The molecule has 3 amide bonds. The monoisotopic (exact) mass is 477 g/mol.